The topological polar surface area (TPSA) is 58.1 Å². The Hall–Kier alpha value is -2.43. The Morgan fingerprint density at radius 2 is 1.90 bits per heavy atom. The van der Waals surface area contributed by atoms with Gasteiger partial charge in [-0.3, -0.25) is 4.79 Å². The minimum atomic E-state index is -0.0883. The lowest BCUT2D eigenvalue weighted by molar-refractivity contribution is 0.0766. The molecule has 1 aromatic carbocycles. The van der Waals surface area contributed by atoms with Crippen molar-refractivity contribution in [2.45, 2.75) is 20.8 Å². The molecular formula is C16H20N4O. The number of benzene rings is 1. The van der Waals surface area contributed by atoms with Gasteiger partial charge in [0.05, 0.1) is 0 Å². The van der Waals surface area contributed by atoms with Crippen LogP contribution in [0.1, 0.15) is 29.9 Å². The number of anilines is 2. The van der Waals surface area contributed by atoms with Gasteiger partial charge in [-0.2, -0.15) is 0 Å². The molecule has 110 valence electrons. The quantitative estimate of drug-likeness (QED) is 0.917. The SMILES string of the molecule is CCN(CC)C(=O)c1ccc(Nc2cccc(C)c2)nn1. The molecule has 1 heterocycles. The van der Waals surface area contributed by atoms with Gasteiger partial charge < -0.3 is 10.2 Å². The van der Waals surface area contributed by atoms with Crippen molar-refractivity contribution in [3.63, 3.8) is 0 Å². The summed E-state index contributed by atoms with van der Waals surface area (Å²) in [6, 6.07) is 11.5. The first-order chi connectivity index (χ1) is 10.1. The summed E-state index contributed by atoms with van der Waals surface area (Å²) < 4.78 is 0. The van der Waals surface area contributed by atoms with Crippen LogP contribution in [0.3, 0.4) is 0 Å². The van der Waals surface area contributed by atoms with Gasteiger partial charge in [0.1, 0.15) is 0 Å². The standard InChI is InChI=1S/C16H20N4O/c1-4-20(5-2)16(21)14-9-10-15(19-18-14)17-13-8-6-7-12(3)11-13/h6-11H,4-5H2,1-3H3,(H,17,19). The van der Waals surface area contributed by atoms with Gasteiger partial charge in [0.15, 0.2) is 11.5 Å². The van der Waals surface area contributed by atoms with Crippen LogP contribution in [0.5, 0.6) is 0 Å². The van der Waals surface area contributed by atoms with Gasteiger partial charge in [-0.05, 0) is 50.6 Å². The molecule has 0 bridgehead atoms. The molecule has 5 nitrogen and oxygen atoms in total. The minimum absolute atomic E-state index is 0.0883. The van der Waals surface area contributed by atoms with Gasteiger partial charge in [-0.15, -0.1) is 10.2 Å². The molecule has 0 saturated heterocycles. The van der Waals surface area contributed by atoms with E-state index in [-0.39, 0.29) is 5.91 Å². The van der Waals surface area contributed by atoms with E-state index in [0.29, 0.717) is 24.6 Å². The second-order valence-electron chi connectivity index (χ2n) is 4.78. The summed E-state index contributed by atoms with van der Waals surface area (Å²) in [7, 11) is 0. The highest BCUT2D eigenvalue weighted by Crippen LogP contribution is 2.15. The summed E-state index contributed by atoms with van der Waals surface area (Å²) in [4.78, 5) is 13.8. The van der Waals surface area contributed by atoms with Crippen molar-refractivity contribution in [2.75, 3.05) is 18.4 Å². The van der Waals surface area contributed by atoms with Gasteiger partial charge in [0, 0.05) is 18.8 Å². The van der Waals surface area contributed by atoms with Crippen LogP contribution in [-0.2, 0) is 0 Å². The van der Waals surface area contributed by atoms with Crippen molar-refractivity contribution in [1.82, 2.24) is 15.1 Å². The summed E-state index contributed by atoms with van der Waals surface area (Å²) >= 11 is 0. The first-order valence-corrected chi connectivity index (χ1v) is 7.10. The van der Waals surface area contributed by atoms with Crippen LogP contribution in [0.25, 0.3) is 0 Å². The highest BCUT2D eigenvalue weighted by molar-refractivity contribution is 5.92. The molecule has 5 heteroatoms. The summed E-state index contributed by atoms with van der Waals surface area (Å²) in [5, 5.41) is 11.2. The van der Waals surface area contributed by atoms with E-state index in [1.54, 1.807) is 17.0 Å². The monoisotopic (exact) mass is 284 g/mol. The normalized spacial score (nSPS) is 10.2. The molecule has 2 aromatic rings. The average molecular weight is 284 g/mol. The fourth-order valence-electron chi connectivity index (χ4n) is 2.06. The van der Waals surface area contributed by atoms with E-state index in [1.807, 2.05) is 45.0 Å². The van der Waals surface area contributed by atoms with Crippen LogP contribution in [0.15, 0.2) is 36.4 Å². The number of nitrogens with one attached hydrogen (secondary N) is 1. The Kier molecular flexibility index (Phi) is 4.87. The molecule has 0 aliphatic carbocycles. The molecule has 0 spiro atoms. The maximum Gasteiger partial charge on any atom is 0.274 e. The third-order valence-corrected chi connectivity index (χ3v) is 3.22. The number of nitrogens with zero attached hydrogens (tertiary/aromatic N) is 3. The lowest BCUT2D eigenvalue weighted by Crippen LogP contribution is -2.31. The number of rotatable bonds is 5. The minimum Gasteiger partial charge on any atom is -0.339 e. The Morgan fingerprint density at radius 3 is 2.48 bits per heavy atom. The van der Waals surface area contributed by atoms with Crippen LogP contribution >= 0.6 is 0 Å². The summed E-state index contributed by atoms with van der Waals surface area (Å²) in [5.41, 5.74) is 2.49. The Labute approximate surface area is 125 Å². The van der Waals surface area contributed by atoms with Crippen LogP contribution in [-0.4, -0.2) is 34.1 Å². The Bertz CT molecular complexity index is 606. The van der Waals surface area contributed by atoms with E-state index in [2.05, 4.69) is 15.5 Å². The third kappa shape index (κ3) is 3.78. The molecule has 1 amide bonds. The van der Waals surface area contributed by atoms with Gasteiger partial charge >= 0.3 is 0 Å². The lowest BCUT2D eigenvalue weighted by Gasteiger charge is -2.17. The number of carbonyl (C=O) groups excluding carboxylic acids is 1. The molecule has 0 saturated carbocycles. The number of aromatic nitrogens is 2. The van der Waals surface area contributed by atoms with Crippen molar-refractivity contribution >= 4 is 17.4 Å². The van der Waals surface area contributed by atoms with Gasteiger partial charge in [-0.25, -0.2) is 0 Å². The number of amides is 1. The molecular weight excluding hydrogens is 264 g/mol. The number of hydrogen-bond donors (Lipinski definition) is 1. The van der Waals surface area contributed by atoms with Crippen LogP contribution in [0.4, 0.5) is 11.5 Å². The number of carbonyl (C=O) groups is 1. The number of hydrogen-bond acceptors (Lipinski definition) is 4. The first-order valence-electron chi connectivity index (χ1n) is 7.10. The zero-order valence-electron chi connectivity index (χ0n) is 12.6. The van der Waals surface area contributed by atoms with Crippen LogP contribution in [0, 0.1) is 6.92 Å². The third-order valence-electron chi connectivity index (χ3n) is 3.22. The molecule has 21 heavy (non-hydrogen) atoms. The van der Waals surface area contributed by atoms with Crippen molar-refractivity contribution in [3.05, 3.63) is 47.7 Å². The fourth-order valence-corrected chi connectivity index (χ4v) is 2.06. The van der Waals surface area contributed by atoms with E-state index in [1.165, 1.54) is 5.56 Å². The molecule has 2 rings (SSSR count). The van der Waals surface area contributed by atoms with E-state index in [9.17, 15) is 4.79 Å². The maximum absolute atomic E-state index is 12.1. The second-order valence-corrected chi connectivity index (χ2v) is 4.78. The van der Waals surface area contributed by atoms with Crippen molar-refractivity contribution in [3.8, 4) is 0 Å². The largest absolute Gasteiger partial charge is 0.339 e. The molecule has 1 N–H and O–H groups in total. The van der Waals surface area contributed by atoms with Crippen molar-refractivity contribution in [2.24, 2.45) is 0 Å². The predicted molar refractivity (Wildman–Crippen MR) is 83.7 cm³/mol. The summed E-state index contributed by atoms with van der Waals surface area (Å²) in [6.07, 6.45) is 0. The first kappa shape index (κ1) is 15.0. The van der Waals surface area contributed by atoms with E-state index >= 15 is 0 Å². The molecule has 0 aliphatic heterocycles. The highest BCUT2D eigenvalue weighted by Gasteiger charge is 2.14. The fraction of sp³-hybridized carbons (Fsp3) is 0.312. The molecule has 0 fully saturated rings. The van der Waals surface area contributed by atoms with Gasteiger partial charge in [0.2, 0.25) is 0 Å². The van der Waals surface area contributed by atoms with Gasteiger partial charge in [-0.1, -0.05) is 12.1 Å². The Morgan fingerprint density at radius 1 is 1.14 bits per heavy atom. The summed E-state index contributed by atoms with van der Waals surface area (Å²) in [5.74, 6) is 0.534. The summed E-state index contributed by atoms with van der Waals surface area (Å²) in [6.45, 7) is 7.26. The molecule has 0 unspecified atom stereocenters. The van der Waals surface area contributed by atoms with Crippen LogP contribution in [0.2, 0.25) is 0 Å². The zero-order valence-corrected chi connectivity index (χ0v) is 12.6. The van der Waals surface area contributed by atoms with E-state index in [4.69, 9.17) is 0 Å². The molecule has 1 aromatic heterocycles. The maximum atomic E-state index is 12.1. The second kappa shape index (κ2) is 6.83. The van der Waals surface area contributed by atoms with E-state index in [0.717, 1.165) is 5.69 Å². The zero-order chi connectivity index (χ0) is 15.2. The predicted octanol–water partition coefficient (Wildman–Crippen LogP) is 3.01. The van der Waals surface area contributed by atoms with Crippen LogP contribution < -0.4 is 5.32 Å². The molecule has 0 aliphatic rings. The van der Waals surface area contributed by atoms with Crippen molar-refractivity contribution < 1.29 is 4.79 Å². The lowest BCUT2D eigenvalue weighted by atomic mass is 10.2. The number of aryl methyl sites for hydroxylation is 1. The average Bonchev–Trinajstić information content (AvgIpc) is 2.49. The smallest absolute Gasteiger partial charge is 0.274 e. The van der Waals surface area contributed by atoms with Crippen molar-refractivity contribution in [1.29, 1.82) is 0 Å². The molecule has 0 atom stereocenters. The van der Waals surface area contributed by atoms with Gasteiger partial charge in [0.25, 0.3) is 5.91 Å². The Balaban J connectivity index is 2.10. The highest BCUT2D eigenvalue weighted by atomic mass is 16.2. The van der Waals surface area contributed by atoms with E-state index < -0.39 is 0 Å². The molecule has 0 radical (unpaired) electrons.